The monoisotopic (exact) mass is 604 g/mol. The first kappa shape index (κ1) is 52.2. The molecule has 21 heteroatoms. The number of hydrogen-bond donors (Lipinski definition) is 12. The van der Waals surface area contributed by atoms with Crippen molar-refractivity contribution in [1.82, 2.24) is 0 Å². The molecule has 0 bridgehead atoms. The van der Waals surface area contributed by atoms with Crippen LogP contribution in [-0.2, 0) is 20.0 Å². The summed E-state index contributed by atoms with van der Waals surface area (Å²) < 4.78 is 31.6. The maximum Gasteiger partial charge on any atom is 1.00 e. The Kier molecular flexibility index (Phi) is 46.2. The molecule has 8 atom stereocenters. The van der Waals surface area contributed by atoms with E-state index in [4.69, 9.17) is 69.8 Å². The molecule has 0 aromatic carbocycles. The van der Waals surface area contributed by atoms with Gasteiger partial charge in [0.25, 0.3) is 0 Å². The second-order valence-electron chi connectivity index (χ2n) is 5.34. The van der Waals surface area contributed by atoms with Gasteiger partial charge in [0.05, 0.1) is 25.3 Å². The van der Waals surface area contributed by atoms with Crippen LogP contribution in [0, 0.1) is 0 Å². The van der Waals surface area contributed by atoms with Gasteiger partial charge in [-0.3, -0.25) is 9.11 Å². The Hall–Kier alpha value is 2.66. The summed E-state index contributed by atoms with van der Waals surface area (Å²) in [6.07, 6.45) is -8.85. The third-order valence-electron chi connectivity index (χ3n) is 2.97. The molecular weight excluding hydrogens is 577 g/mol. The van der Waals surface area contributed by atoms with Crippen molar-refractivity contribution in [1.29, 1.82) is 0 Å². The number of halogens is 2. The predicted octanol–water partition coefficient (Wildman–Crippen LogP) is -19.5. The van der Waals surface area contributed by atoms with E-state index in [1.54, 1.807) is 0 Å². The number of aldehydes is 2. The summed E-state index contributed by atoms with van der Waals surface area (Å²) in [5.41, 5.74) is 10.1. The van der Waals surface area contributed by atoms with Gasteiger partial charge in [-0.25, -0.2) is 0 Å². The molecule has 0 aliphatic carbocycles. The minimum absolute atomic E-state index is 0. The average molecular weight is 606 g/mol. The Morgan fingerprint density at radius 2 is 0.818 bits per heavy atom. The first-order valence-corrected chi connectivity index (χ1v) is 8.90. The van der Waals surface area contributed by atoms with Gasteiger partial charge in [0.15, 0.2) is 0 Å². The van der Waals surface area contributed by atoms with Gasteiger partial charge >= 0.3 is 113 Å². The zero-order chi connectivity index (χ0) is 23.9. The molecule has 0 aromatic heterocycles. The number of carbonyl (C=O) groups is 2. The van der Waals surface area contributed by atoms with Gasteiger partial charge in [-0.1, -0.05) is 0 Å². The van der Waals surface area contributed by atoms with E-state index < -0.39 is 72.3 Å². The Morgan fingerprint density at radius 3 is 0.939 bits per heavy atom. The van der Waals surface area contributed by atoms with Crippen LogP contribution in [0.4, 0.5) is 0 Å². The fourth-order valence-electron chi connectivity index (χ4n) is 1.29. The van der Waals surface area contributed by atoms with Crippen LogP contribution >= 0.6 is 0 Å². The molecule has 0 rings (SSSR count). The van der Waals surface area contributed by atoms with Gasteiger partial charge < -0.3 is 86.7 Å². The molecule has 0 heterocycles. The summed E-state index contributed by atoms with van der Waals surface area (Å²) in [6.45, 7) is -1.41. The number of carbonyl (C=O) groups excluding carboxylic acids is 2. The zero-order valence-corrected chi connectivity index (χ0v) is 26.2. The molecule has 0 saturated carbocycles. The molecule has 0 radical (unpaired) electrons. The smallest absolute Gasteiger partial charge is 1.00 e. The van der Waals surface area contributed by atoms with Gasteiger partial charge in [-0.05, 0) is 0 Å². The standard InChI is InChI=1S/2C6H13NO5.2ClH.2K.H2O4S/c2*7-3(1-8)5(11)6(12)4(10)2-9;;;;;1-5(2,3)4/h2*1,3-6,9-12H,2,7H2;2*1H;;;(H2,1,2,3,4)/q;;;;2*+1;/p-2/t2*3-,4+,5+,6+;;;;;/m00...../s1. The van der Waals surface area contributed by atoms with Crippen LogP contribution in [-0.4, -0.2) is 133 Å². The van der Waals surface area contributed by atoms with E-state index in [9.17, 15) is 9.59 Å². The van der Waals surface area contributed by atoms with Crippen molar-refractivity contribution in [2.24, 2.45) is 11.5 Å². The van der Waals surface area contributed by atoms with Gasteiger partial charge in [0.1, 0.15) is 49.2 Å². The summed E-state index contributed by atoms with van der Waals surface area (Å²) >= 11 is 0. The van der Waals surface area contributed by atoms with Crippen LogP contribution in [0.5, 0.6) is 0 Å². The van der Waals surface area contributed by atoms with E-state index in [1.165, 1.54) is 0 Å². The van der Waals surface area contributed by atoms with Crippen LogP contribution < -0.4 is 139 Å². The summed E-state index contributed by atoms with van der Waals surface area (Å²) in [6, 6.07) is -2.53. The number of aliphatic hydroxyl groups is 8. The van der Waals surface area contributed by atoms with E-state index in [-0.39, 0.29) is 140 Å². The Labute approximate surface area is 287 Å². The fraction of sp³-hybridized carbons (Fsp3) is 0.833. The van der Waals surface area contributed by atoms with Crippen molar-refractivity contribution >= 4 is 23.0 Å². The van der Waals surface area contributed by atoms with Crippen LogP contribution in [0.25, 0.3) is 0 Å². The molecule has 14 N–H and O–H groups in total. The maximum atomic E-state index is 10.0. The summed E-state index contributed by atoms with van der Waals surface area (Å²) in [4.78, 5) is 20.0. The zero-order valence-electron chi connectivity index (χ0n) is 17.6. The second-order valence-corrected chi connectivity index (χ2v) is 6.23. The predicted molar refractivity (Wildman–Crippen MR) is 92.5 cm³/mol. The number of aliphatic hydroxyl groups excluding tert-OH is 8. The SMILES string of the molecule is N[C@@H](C=O)[C@@H](O)[C@H](O)[C@H](O)CO.N[C@@H](C=O)[C@@H](O)[C@H](O)[C@H](O)CO.O=S(=O)(O)O.[Cl-].[Cl-].[K+].[K+]. The largest absolute Gasteiger partial charge is 1.00 e. The molecule has 0 unspecified atom stereocenters. The van der Waals surface area contributed by atoms with E-state index in [1.807, 2.05) is 0 Å². The van der Waals surface area contributed by atoms with E-state index >= 15 is 0 Å². The third-order valence-corrected chi connectivity index (χ3v) is 2.97. The van der Waals surface area contributed by atoms with Gasteiger partial charge in [-0.15, -0.1) is 0 Å². The van der Waals surface area contributed by atoms with E-state index in [2.05, 4.69) is 0 Å². The Morgan fingerprint density at radius 1 is 0.636 bits per heavy atom. The summed E-state index contributed by atoms with van der Waals surface area (Å²) in [7, 11) is -4.67. The molecule has 0 spiro atoms. The molecule has 0 aliphatic heterocycles. The fourth-order valence-corrected chi connectivity index (χ4v) is 1.29. The number of hydrogen-bond acceptors (Lipinski definition) is 14. The number of nitrogens with two attached hydrogens (primary N) is 2. The number of rotatable bonds is 10. The molecule has 0 saturated heterocycles. The Balaban J connectivity index is -0.0000000619. The van der Waals surface area contributed by atoms with E-state index in [0.717, 1.165) is 0 Å². The molecular formula is C12H28Cl2K2N2O14S. The van der Waals surface area contributed by atoms with Crippen molar-refractivity contribution in [2.75, 3.05) is 13.2 Å². The molecule has 0 fully saturated rings. The minimum Gasteiger partial charge on any atom is -1.00 e. The van der Waals surface area contributed by atoms with Crippen molar-refractivity contribution in [3.8, 4) is 0 Å². The average Bonchev–Trinajstić information content (AvgIpc) is 2.67. The van der Waals surface area contributed by atoms with Gasteiger partial charge in [0, 0.05) is 0 Å². The summed E-state index contributed by atoms with van der Waals surface area (Å²) in [5, 5.41) is 70.3. The van der Waals surface area contributed by atoms with Gasteiger partial charge in [0.2, 0.25) is 0 Å². The normalized spacial score (nSPS) is 17.1. The van der Waals surface area contributed by atoms with Crippen LogP contribution in [0.15, 0.2) is 0 Å². The topological polar surface area (TPSA) is 323 Å². The molecule has 0 aromatic rings. The molecule has 33 heavy (non-hydrogen) atoms. The second kappa shape index (κ2) is 29.2. The first-order chi connectivity index (χ1) is 13.1. The molecule has 192 valence electrons. The summed E-state index contributed by atoms with van der Waals surface area (Å²) in [5.74, 6) is 0. The van der Waals surface area contributed by atoms with Crippen LogP contribution in [0.3, 0.4) is 0 Å². The minimum atomic E-state index is -4.67. The van der Waals surface area contributed by atoms with Crippen molar-refractivity contribution in [3.05, 3.63) is 0 Å². The van der Waals surface area contributed by atoms with E-state index in [0.29, 0.717) is 0 Å². The molecule has 16 nitrogen and oxygen atoms in total. The van der Waals surface area contributed by atoms with Gasteiger partial charge in [-0.2, -0.15) is 8.42 Å². The maximum absolute atomic E-state index is 10.0. The van der Waals surface area contributed by atoms with Crippen molar-refractivity contribution in [3.63, 3.8) is 0 Å². The molecule has 0 aliphatic rings. The first-order valence-electron chi connectivity index (χ1n) is 7.50. The van der Waals surface area contributed by atoms with Crippen molar-refractivity contribution < 1.29 is 196 Å². The molecule has 0 amide bonds. The van der Waals surface area contributed by atoms with Crippen molar-refractivity contribution in [2.45, 2.75) is 48.7 Å². The Bertz CT molecular complexity index is 516. The van der Waals surface area contributed by atoms with Crippen LogP contribution in [0.2, 0.25) is 0 Å². The van der Waals surface area contributed by atoms with Crippen LogP contribution in [0.1, 0.15) is 0 Å². The third kappa shape index (κ3) is 30.8. The quantitative estimate of drug-likeness (QED) is 0.0624.